The van der Waals surface area contributed by atoms with Gasteiger partial charge in [0.25, 0.3) is 0 Å². The van der Waals surface area contributed by atoms with Crippen LogP contribution >= 0.6 is 24.0 Å². The van der Waals surface area contributed by atoms with Crippen LogP contribution in [-0.2, 0) is 13.0 Å². The Morgan fingerprint density at radius 1 is 1.14 bits per heavy atom. The minimum Gasteiger partial charge on any atom is -0.497 e. The van der Waals surface area contributed by atoms with Gasteiger partial charge in [-0.1, -0.05) is 18.2 Å². The molecule has 1 aromatic carbocycles. The Hall–Kier alpha value is -2.24. The maximum absolute atomic E-state index is 12.4. The first kappa shape index (κ1) is 24.8. The van der Waals surface area contributed by atoms with Crippen LogP contribution in [0.1, 0.15) is 11.1 Å². The Labute approximate surface area is 184 Å². The Balaban J connectivity index is 0.00000420. The van der Waals surface area contributed by atoms with Gasteiger partial charge in [-0.25, -0.2) is 4.98 Å². The molecule has 2 N–H and O–H groups in total. The van der Waals surface area contributed by atoms with Crippen LogP contribution in [0.15, 0.2) is 47.6 Å². The summed E-state index contributed by atoms with van der Waals surface area (Å²) in [5, 5.41) is 6.20. The second kappa shape index (κ2) is 12.3. The van der Waals surface area contributed by atoms with E-state index in [9.17, 15) is 13.2 Å². The lowest BCUT2D eigenvalue weighted by Crippen LogP contribution is -2.38. The van der Waals surface area contributed by atoms with E-state index in [-0.39, 0.29) is 36.4 Å². The van der Waals surface area contributed by atoms with Crippen molar-refractivity contribution >= 4 is 29.9 Å². The fraction of sp³-hybridized carbons (Fsp3) is 0.368. The molecular formula is C19H24F3IN4O2. The smallest absolute Gasteiger partial charge is 0.422 e. The molecule has 0 amide bonds. The number of hydrogen-bond acceptors (Lipinski definition) is 4. The molecule has 0 spiro atoms. The van der Waals surface area contributed by atoms with Gasteiger partial charge in [0.15, 0.2) is 12.6 Å². The van der Waals surface area contributed by atoms with E-state index in [1.54, 1.807) is 26.3 Å². The molecule has 0 saturated heterocycles. The Kier molecular flexibility index (Phi) is 10.6. The third-order valence-electron chi connectivity index (χ3n) is 3.76. The van der Waals surface area contributed by atoms with Crippen molar-refractivity contribution in [1.82, 2.24) is 15.6 Å². The largest absolute Gasteiger partial charge is 0.497 e. The first-order valence-electron chi connectivity index (χ1n) is 8.62. The first-order valence-corrected chi connectivity index (χ1v) is 8.62. The molecule has 0 aliphatic rings. The van der Waals surface area contributed by atoms with Crippen molar-refractivity contribution in [3.8, 4) is 11.6 Å². The number of halogens is 4. The average Bonchev–Trinajstić information content (AvgIpc) is 2.69. The van der Waals surface area contributed by atoms with Gasteiger partial charge in [-0.3, -0.25) is 4.99 Å². The lowest BCUT2D eigenvalue weighted by Gasteiger charge is -2.15. The quantitative estimate of drug-likeness (QED) is 0.314. The van der Waals surface area contributed by atoms with Crippen LogP contribution < -0.4 is 20.1 Å². The lowest BCUT2D eigenvalue weighted by atomic mass is 10.1. The van der Waals surface area contributed by atoms with E-state index in [0.29, 0.717) is 18.1 Å². The maximum atomic E-state index is 12.4. The molecule has 10 heteroatoms. The molecule has 0 bridgehead atoms. The number of pyridine rings is 1. The molecule has 2 aromatic rings. The van der Waals surface area contributed by atoms with Gasteiger partial charge in [-0.2, -0.15) is 13.2 Å². The van der Waals surface area contributed by atoms with Crippen molar-refractivity contribution in [3.05, 3.63) is 53.7 Å². The number of aromatic nitrogens is 1. The number of nitrogens with zero attached hydrogens (tertiary/aromatic N) is 2. The van der Waals surface area contributed by atoms with Gasteiger partial charge >= 0.3 is 6.18 Å². The minimum atomic E-state index is -4.42. The van der Waals surface area contributed by atoms with Crippen LogP contribution in [0.25, 0.3) is 0 Å². The fourth-order valence-corrected chi connectivity index (χ4v) is 2.36. The molecule has 1 heterocycles. The average molecular weight is 524 g/mol. The monoisotopic (exact) mass is 524 g/mol. The van der Waals surface area contributed by atoms with Gasteiger partial charge in [-0.15, -0.1) is 24.0 Å². The molecule has 29 heavy (non-hydrogen) atoms. The van der Waals surface area contributed by atoms with Gasteiger partial charge in [0.1, 0.15) is 5.75 Å². The summed E-state index contributed by atoms with van der Waals surface area (Å²) in [6.45, 7) is -0.522. The third kappa shape index (κ3) is 9.20. The van der Waals surface area contributed by atoms with Crippen molar-refractivity contribution in [2.45, 2.75) is 19.1 Å². The number of benzene rings is 1. The molecule has 2 rings (SSSR count). The molecule has 6 nitrogen and oxygen atoms in total. The second-order valence-corrected chi connectivity index (χ2v) is 5.82. The summed E-state index contributed by atoms with van der Waals surface area (Å²) in [6, 6.07) is 11.0. The zero-order valence-electron chi connectivity index (χ0n) is 16.1. The van der Waals surface area contributed by atoms with Gasteiger partial charge < -0.3 is 20.1 Å². The number of guanidine groups is 1. The molecule has 0 radical (unpaired) electrons. The summed E-state index contributed by atoms with van der Waals surface area (Å²) in [5.41, 5.74) is 1.64. The second-order valence-electron chi connectivity index (χ2n) is 5.82. The zero-order valence-corrected chi connectivity index (χ0v) is 18.5. The Morgan fingerprint density at radius 3 is 2.48 bits per heavy atom. The minimum absolute atomic E-state index is 0. The van der Waals surface area contributed by atoms with Crippen LogP contribution in [0.5, 0.6) is 11.6 Å². The summed E-state index contributed by atoms with van der Waals surface area (Å²) in [6.07, 6.45) is -2.25. The predicted molar refractivity (Wildman–Crippen MR) is 116 cm³/mol. The SMILES string of the molecule is CN=C(NCCc1ccc(OC)cc1)NCc1cccnc1OCC(F)(F)F.I. The standard InChI is InChI=1S/C19H23F3N4O2.HI/c1-23-18(25-11-9-14-5-7-16(27-2)8-6-14)26-12-15-4-3-10-24-17(15)28-13-19(20,21)22;/h3-8,10H,9,11-13H2,1-2H3,(H2,23,25,26);1H. The van der Waals surface area contributed by atoms with Crippen molar-refractivity contribution in [2.24, 2.45) is 4.99 Å². The summed E-state index contributed by atoms with van der Waals surface area (Å²) in [5.74, 6) is 1.27. The van der Waals surface area contributed by atoms with E-state index in [1.165, 1.54) is 6.20 Å². The number of methoxy groups -OCH3 is 1. The molecule has 160 valence electrons. The summed E-state index contributed by atoms with van der Waals surface area (Å²) in [4.78, 5) is 7.98. The molecule has 0 unspecified atom stereocenters. The van der Waals surface area contributed by atoms with E-state index in [0.717, 1.165) is 17.7 Å². The van der Waals surface area contributed by atoms with Gasteiger partial charge in [0.05, 0.1) is 7.11 Å². The topological polar surface area (TPSA) is 67.8 Å². The first-order chi connectivity index (χ1) is 13.4. The third-order valence-corrected chi connectivity index (χ3v) is 3.76. The fourth-order valence-electron chi connectivity index (χ4n) is 2.36. The van der Waals surface area contributed by atoms with Crippen LogP contribution in [0.4, 0.5) is 13.2 Å². The molecule has 0 fully saturated rings. The van der Waals surface area contributed by atoms with Crippen molar-refractivity contribution < 1.29 is 22.6 Å². The molecule has 0 saturated carbocycles. The van der Waals surface area contributed by atoms with Gasteiger partial charge in [0.2, 0.25) is 5.88 Å². The molecular weight excluding hydrogens is 500 g/mol. The number of rotatable bonds is 8. The van der Waals surface area contributed by atoms with Crippen LogP contribution in [0, 0.1) is 0 Å². The van der Waals surface area contributed by atoms with Crippen molar-refractivity contribution in [3.63, 3.8) is 0 Å². The van der Waals surface area contributed by atoms with E-state index >= 15 is 0 Å². The Bertz CT molecular complexity index is 771. The zero-order chi connectivity index (χ0) is 20.4. The van der Waals surface area contributed by atoms with E-state index in [2.05, 4.69) is 20.6 Å². The van der Waals surface area contributed by atoms with Crippen molar-refractivity contribution in [1.29, 1.82) is 0 Å². The van der Waals surface area contributed by atoms with E-state index < -0.39 is 12.8 Å². The highest BCUT2D eigenvalue weighted by Crippen LogP contribution is 2.19. The Morgan fingerprint density at radius 2 is 1.86 bits per heavy atom. The number of alkyl halides is 3. The number of nitrogens with one attached hydrogen (secondary N) is 2. The highest BCUT2D eigenvalue weighted by Gasteiger charge is 2.29. The molecule has 0 atom stereocenters. The summed E-state index contributed by atoms with van der Waals surface area (Å²) >= 11 is 0. The van der Waals surface area contributed by atoms with E-state index in [1.807, 2.05) is 24.3 Å². The lowest BCUT2D eigenvalue weighted by molar-refractivity contribution is -0.154. The number of ether oxygens (including phenoxy) is 2. The number of aliphatic imine (C=N–C) groups is 1. The van der Waals surface area contributed by atoms with Gasteiger partial charge in [0, 0.05) is 31.9 Å². The van der Waals surface area contributed by atoms with Crippen LogP contribution in [-0.4, -0.2) is 44.4 Å². The van der Waals surface area contributed by atoms with Gasteiger partial charge in [-0.05, 0) is 30.2 Å². The molecule has 0 aliphatic carbocycles. The molecule has 0 aliphatic heterocycles. The highest BCUT2D eigenvalue weighted by atomic mass is 127. The van der Waals surface area contributed by atoms with Crippen LogP contribution in [0.3, 0.4) is 0 Å². The number of hydrogen-bond donors (Lipinski definition) is 2. The highest BCUT2D eigenvalue weighted by molar-refractivity contribution is 14.0. The van der Waals surface area contributed by atoms with Crippen LogP contribution in [0.2, 0.25) is 0 Å². The normalized spacial score (nSPS) is 11.4. The van der Waals surface area contributed by atoms with Crippen molar-refractivity contribution in [2.75, 3.05) is 27.3 Å². The van der Waals surface area contributed by atoms with E-state index in [4.69, 9.17) is 9.47 Å². The molecule has 1 aromatic heterocycles. The summed E-state index contributed by atoms with van der Waals surface area (Å²) in [7, 11) is 3.24. The summed E-state index contributed by atoms with van der Waals surface area (Å²) < 4.78 is 47.0. The predicted octanol–water partition coefficient (Wildman–Crippen LogP) is 3.56. The maximum Gasteiger partial charge on any atom is 0.422 e.